The molecule has 0 aliphatic heterocycles. The van der Waals surface area contributed by atoms with Crippen LogP contribution in [0.1, 0.15) is 12.5 Å². The van der Waals surface area contributed by atoms with E-state index >= 15 is 0 Å². The highest BCUT2D eigenvalue weighted by Crippen LogP contribution is 2.29. The van der Waals surface area contributed by atoms with Gasteiger partial charge in [-0.3, -0.25) is 4.79 Å². The topological polar surface area (TPSA) is 32.9 Å². The van der Waals surface area contributed by atoms with E-state index < -0.39 is 0 Å². The normalized spacial score (nSPS) is 10.9. The minimum Gasteiger partial charge on any atom is -0.361 e. The molecule has 0 saturated heterocycles. The molecular formula is C11H9Cl2NO. The van der Waals surface area contributed by atoms with E-state index in [4.69, 9.17) is 23.2 Å². The molecule has 0 aliphatic rings. The molecule has 0 bridgehead atoms. The number of aromatic nitrogens is 1. The van der Waals surface area contributed by atoms with Crippen LogP contribution in [-0.4, -0.2) is 10.8 Å². The van der Waals surface area contributed by atoms with Gasteiger partial charge in [0.15, 0.2) is 0 Å². The van der Waals surface area contributed by atoms with Gasteiger partial charge >= 0.3 is 0 Å². The number of rotatable bonds is 2. The quantitative estimate of drug-likeness (QED) is 0.857. The Morgan fingerprint density at radius 1 is 1.33 bits per heavy atom. The fourth-order valence-electron chi connectivity index (χ4n) is 1.59. The number of H-pyrrole nitrogens is 1. The van der Waals surface area contributed by atoms with Gasteiger partial charge in [0.25, 0.3) is 0 Å². The van der Waals surface area contributed by atoms with Gasteiger partial charge in [-0.05, 0) is 24.6 Å². The molecule has 1 aromatic carbocycles. The second-order valence-electron chi connectivity index (χ2n) is 3.50. The zero-order valence-corrected chi connectivity index (χ0v) is 9.62. The lowest BCUT2D eigenvalue weighted by Crippen LogP contribution is -1.94. The Morgan fingerprint density at radius 3 is 2.67 bits per heavy atom. The van der Waals surface area contributed by atoms with Crippen LogP contribution in [0.15, 0.2) is 18.3 Å². The van der Waals surface area contributed by atoms with Gasteiger partial charge in [0, 0.05) is 23.5 Å². The molecule has 4 heteroatoms. The molecule has 0 atom stereocenters. The van der Waals surface area contributed by atoms with Gasteiger partial charge < -0.3 is 4.98 Å². The molecule has 15 heavy (non-hydrogen) atoms. The van der Waals surface area contributed by atoms with Gasteiger partial charge in [-0.15, -0.1) is 0 Å². The maximum Gasteiger partial charge on any atom is 0.134 e. The molecule has 2 aromatic rings. The van der Waals surface area contributed by atoms with Gasteiger partial charge in [0.1, 0.15) is 5.78 Å². The molecule has 78 valence electrons. The zero-order chi connectivity index (χ0) is 11.0. The Labute approximate surface area is 97.2 Å². The summed E-state index contributed by atoms with van der Waals surface area (Å²) in [6, 6.07) is 3.55. The Morgan fingerprint density at radius 2 is 2.00 bits per heavy atom. The Bertz CT molecular complexity index is 531. The minimum absolute atomic E-state index is 0.127. The average molecular weight is 242 g/mol. The first-order valence-corrected chi connectivity index (χ1v) is 5.28. The number of hydrogen-bond donors (Lipinski definition) is 1. The monoisotopic (exact) mass is 241 g/mol. The smallest absolute Gasteiger partial charge is 0.134 e. The number of Topliss-reactive ketones (excluding diaryl/α,β-unsaturated/α-hetero) is 1. The van der Waals surface area contributed by atoms with E-state index in [1.54, 1.807) is 19.1 Å². The standard InChI is InChI=1S/C11H9Cl2NO/c1-6(15)2-7-5-14-11-4-10(13)9(12)3-8(7)11/h3-5,14H,2H2,1H3. The molecule has 0 aliphatic carbocycles. The van der Waals surface area contributed by atoms with Crippen LogP contribution in [-0.2, 0) is 11.2 Å². The van der Waals surface area contributed by atoms with Crippen molar-refractivity contribution in [2.75, 3.05) is 0 Å². The van der Waals surface area contributed by atoms with Crippen molar-refractivity contribution in [1.29, 1.82) is 0 Å². The number of hydrogen-bond acceptors (Lipinski definition) is 1. The number of nitrogens with one attached hydrogen (secondary N) is 1. The van der Waals surface area contributed by atoms with Crippen LogP contribution < -0.4 is 0 Å². The van der Waals surface area contributed by atoms with E-state index in [1.165, 1.54) is 0 Å². The molecule has 1 heterocycles. The average Bonchev–Trinajstić information content (AvgIpc) is 2.49. The third kappa shape index (κ3) is 2.01. The van der Waals surface area contributed by atoms with Gasteiger partial charge in [0.2, 0.25) is 0 Å². The minimum atomic E-state index is 0.127. The van der Waals surface area contributed by atoms with Crippen LogP contribution in [0.2, 0.25) is 10.0 Å². The Hall–Kier alpha value is -0.990. The summed E-state index contributed by atoms with van der Waals surface area (Å²) in [5.74, 6) is 0.127. The molecule has 0 spiro atoms. The lowest BCUT2D eigenvalue weighted by molar-refractivity contribution is -0.116. The summed E-state index contributed by atoms with van der Waals surface area (Å²) in [6.07, 6.45) is 2.23. The van der Waals surface area contributed by atoms with Crippen LogP contribution in [0.25, 0.3) is 10.9 Å². The van der Waals surface area contributed by atoms with Crippen LogP contribution in [0.5, 0.6) is 0 Å². The van der Waals surface area contributed by atoms with E-state index in [9.17, 15) is 4.79 Å². The lowest BCUT2D eigenvalue weighted by atomic mass is 10.1. The first-order chi connectivity index (χ1) is 7.08. The SMILES string of the molecule is CC(=O)Cc1c[nH]c2cc(Cl)c(Cl)cc12. The van der Waals surface area contributed by atoms with Crippen molar-refractivity contribution in [2.45, 2.75) is 13.3 Å². The molecule has 0 amide bonds. The van der Waals surface area contributed by atoms with E-state index in [-0.39, 0.29) is 5.78 Å². The highest BCUT2D eigenvalue weighted by Gasteiger charge is 2.08. The van der Waals surface area contributed by atoms with E-state index in [0.717, 1.165) is 16.5 Å². The number of halogens is 2. The van der Waals surface area contributed by atoms with Crippen molar-refractivity contribution < 1.29 is 4.79 Å². The first kappa shape index (κ1) is 10.5. The molecule has 2 rings (SSSR count). The van der Waals surface area contributed by atoms with E-state index in [0.29, 0.717) is 16.5 Å². The van der Waals surface area contributed by atoms with Crippen LogP contribution >= 0.6 is 23.2 Å². The Kier molecular flexibility index (Phi) is 2.72. The molecule has 2 nitrogen and oxygen atoms in total. The fourth-order valence-corrected chi connectivity index (χ4v) is 1.92. The van der Waals surface area contributed by atoms with Crippen molar-refractivity contribution in [3.63, 3.8) is 0 Å². The second kappa shape index (κ2) is 3.87. The summed E-state index contributed by atoms with van der Waals surface area (Å²) in [6.45, 7) is 1.57. The summed E-state index contributed by atoms with van der Waals surface area (Å²) >= 11 is 11.8. The van der Waals surface area contributed by atoms with Gasteiger partial charge in [-0.2, -0.15) is 0 Å². The number of fused-ring (bicyclic) bond motifs is 1. The maximum absolute atomic E-state index is 11.0. The van der Waals surface area contributed by atoms with Crippen molar-refractivity contribution in [3.8, 4) is 0 Å². The van der Waals surface area contributed by atoms with Crippen LogP contribution in [0.3, 0.4) is 0 Å². The summed E-state index contributed by atoms with van der Waals surface area (Å²) < 4.78 is 0. The highest BCUT2D eigenvalue weighted by molar-refractivity contribution is 6.42. The molecule has 0 fully saturated rings. The zero-order valence-electron chi connectivity index (χ0n) is 8.10. The molecule has 0 saturated carbocycles. The second-order valence-corrected chi connectivity index (χ2v) is 4.32. The molecule has 0 radical (unpaired) electrons. The van der Waals surface area contributed by atoms with Crippen LogP contribution in [0, 0.1) is 0 Å². The van der Waals surface area contributed by atoms with E-state index in [2.05, 4.69) is 4.98 Å². The number of carbonyl (C=O) groups is 1. The lowest BCUT2D eigenvalue weighted by Gasteiger charge is -1.98. The predicted octanol–water partition coefficient (Wildman–Crippen LogP) is 3.61. The summed E-state index contributed by atoms with van der Waals surface area (Å²) in [5.41, 5.74) is 1.86. The molecule has 1 aromatic heterocycles. The van der Waals surface area contributed by atoms with Crippen molar-refractivity contribution in [1.82, 2.24) is 4.98 Å². The molecular weight excluding hydrogens is 233 g/mol. The number of ketones is 1. The number of aromatic amines is 1. The summed E-state index contributed by atoms with van der Waals surface area (Å²) in [5, 5.41) is 1.98. The summed E-state index contributed by atoms with van der Waals surface area (Å²) in [7, 11) is 0. The highest BCUT2D eigenvalue weighted by atomic mass is 35.5. The summed E-state index contributed by atoms with van der Waals surface area (Å²) in [4.78, 5) is 14.1. The Balaban J connectivity index is 2.59. The van der Waals surface area contributed by atoms with Gasteiger partial charge in [-0.25, -0.2) is 0 Å². The third-order valence-corrected chi connectivity index (χ3v) is 2.97. The van der Waals surface area contributed by atoms with Gasteiger partial charge in [-0.1, -0.05) is 23.2 Å². The maximum atomic E-state index is 11.0. The third-order valence-electron chi connectivity index (χ3n) is 2.25. The number of benzene rings is 1. The van der Waals surface area contributed by atoms with Gasteiger partial charge in [0.05, 0.1) is 10.0 Å². The van der Waals surface area contributed by atoms with Crippen molar-refractivity contribution in [2.24, 2.45) is 0 Å². The molecule has 1 N–H and O–H groups in total. The fraction of sp³-hybridized carbons (Fsp3) is 0.182. The number of carbonyl (C=O) groups excluding carboxylic acids is 1. The van der Waals surface area contributed by atoms with Crippen molar-refractivity contribution in [3.05, 3.63) is 33.9 Å². The first-order valence-electron chi connectivity index (χ1n) is 4.52. The van der Waals surface area contributed by atoms with Crippen LogP contribution in [0.4, 0.5) is 0 Å². The largest absolute Gasteiger partial charge is 0.361 e. The van der Waals surface area contributed by atoms with Crippen molar-refractivity contribution >= 4 is 39.9 Å². The molecule has 0 unspecified atom stereocenters. The van der Waals surface area contributed by atoms with E-state index in [1.807, 2.05) is 6.20 Å². The predicted molar refractivity (Wildman–Crippen MR) is 62.7 cm³/mol.